The van der Waals surface area contributed by atoms with Crippen LogP contribution in [0, 0.1) is 5.82 Å². The predicted octanol–water partition coefficient (Wildman–Crippen LogP) is 1.58. The second-order valence-corrected chi connectivity index (χ2v) is 3.59. The lowest BCUT2D eigenvalue weighted by molar-refractivity contribution is 0.0697. The molecule has 0 aliphatic rings. The summed E-state index contributed by atoms with van der Waals surface area (Å²) in [6, 6.07) is 4.10. The molecular weight excluding hydrogens is 241 g/mol. The standard InChI is InChI=1S/C12H8FNO4/c13-6-1-2-7(10(15)3-6)9-5-14-11(16)4-8(9)12(17)18/h1-5,15H,(H,14,16)(H,17,18). The van der Waals surface area contributed by atoms with Gasteiger partial charge in [0.05, 0.1) is 5.56 Å². The van der Waals surface area contributed by atoms with Gasteiger partial charge in [0.15, 0.2) is 0 Å². The van der Waals surface area contributed by atoms with Crippen molar-refractivity contribution in [1.29, 1.82) is 0 Å². The van der Waals surface area contributed by atoms with Gasteiger partial charge in [0.1, 0.15) is 11.6 Å². The van der Waals surface area contributed by atoms with E-state index >= 15 is 0 Å². The Hall–Kier alpha value is -2.63. The summed E-state index contributed by atoms with van der Waals surface area (Å²) in [7, 11) is 0. The minimum absolute atomic E-state index is 0.111. The highest BCUT2D eigenvalue weighted by Crippen LogP contribution is 2.31. The van der Waals surface area contributed by atoms with Crippen LogP contribution in [0.15, 0.2) is 35.3 Å². The molecule has 6 heteroatoms. The quantitative estimate of drug-likeness (QED) is 0.753. The third kappa shape index (κ3) is 2.08. The van der Waals surface area contributed by atoms with E-state index in [1.54, 1.807) is 0 Å². The molecule has 0 amide bonds. The van der Waals surface area contributed by atoms with Crippen molar-refractivity contribution >= 4 is 5.97 Å². The molecule has 0 saturated heterocycles. The normalized spacial score (nSPS) is 10.3. The Bertz CT molecular complexity index is 678. The van der Waals surface area contributed by atoms with Crippen molar-refractivity contribution < 1.29 is 19.4 Å². The second kappa shape index (κ2) is 4.33. The highest BCUT2D eigenvalue weighted by molar-refractivity contribution is 5.96. The van der Waals surface area contributed by atoms with Gasteiger partial charge in [0, 0.05) is 29.5 Å². The number of H-pyrrole nitrogens is 1. The van der Waals surface area contributed by atoms with Gasteiger partial charge in [0.25, 0.3) is 0 Å². The number of halogens is 1. The average Bonchev–Trinajstić information content (AvgIpc) is 2.29. The Morgan fingerprint density at radius 1 is 1.22 bits per heavy atom. The lowest BCUT2D eigenvalue weighted by atomic mass is 10.0. The van der Waals surface area contributed by atoms with Crippen LogP contribution in [0.5, 0.6) is 5.75 Å². The molecule has 0 bridgehead atoms. The number of phenolic OH excluding ortho intramolecular Hbond substituents is 1. The number of carboxylic acids is 1. The zero-order valence-corrected chi connectivity index (χ0v) is 8.98. The molecule has 92 valence electrons. The fourth-order valence-electron chi connectivity index (χ4n) is 1.60. The van der Waals surface area contributed by atoms with Gasteiger partial charge < -0.3 is 15.2 Å². The Balaban J connectivity index is 2.71. The zero-order chi connectivity index (χ0) is 13.3. The molecule has 0 aliphatic heterocycles. The van der Waals surface area contributed by atoms with Gasteiger partial charge in [-0.05, 0) is 12.1 Å². The van der Waals surface area contributed by atoms with Gasteiger partial charge in [-0.3, -0.25) is 4.79 Å². The molecule has 5 nitrogen and oxygen atoms in total. The number of aromatic hydroxyl groups is 1. The van der Waals surface area contributed by atoms with E-state index in [2.05, 4.69) is 4.98 Å². The number of carbonyl (C=O) groups is 1. The first kappa shape index (κ1) is 11.8. The minimum atomic E-state index is -1.31. The maximum absolute atomic E-state index is 12.9. The van der Waals surface area contributed by atoms with E-state index in [1.165, 1.54) is 12.3 Å². The summed E-state index contributed by atoms with van der Waals surface area (Å²) >= 11 is 0. The molecule has 0 saturated carbocycles. The number of hydrogen-bond donors (Lipinski definition) is 3. The number of aromatic amines is 1. The van der Waals surface area contributed by atoms with Crippen molar-refractivity contribution in [2.24, 2.45) is 0 Å². The van der Waals surface area contributed by atoms with Crippen LogP contribution >= 0.6 is 0 Å². The monoisotopic (exact) mass is 249 g/mol. The van der Waals surface area contributed by atoms with Crippen LogP contribution in [0.1, 0.15) is 10.4 Å². The van der Waals surface area contributed by atoms with Crippen LogP contribution in [-0.4, -0.2) is 21.2 Å². The molecule has 2 rings (SSSR count). The molecule has 0 fully saturated rings. The van der Waals surface area contributed by atoms with Crippen molar-refractivity contribution in [3.63, 3.8) is 0 Å². The number of hydrogen-bond acceptors (Lipinski definition) is 3. The molecule has 2 aromatic rings. The molecular formula is C12H8FNO4. The highest BCUT2D eigenvalue weighted by atomic mass is 19.1. The minimum Gasteiger partial charge on any atom is -0.507 e. The van der Waals surface area contributed by atoms with E-state index in [0.717, 1.165) is 18.2 Å². The number of rotatable bonds is 2. The number of carboxylic acid groups (broad SMARTS) is 1. The average molecular weight is 249 g/mol. The van der Waals surface area contributed by atoms with E-state index in [9.17, 15) is 19.1 Å². The third-order valence-electron chi connectivity index (χ3n) is 2.40. The van der Waals surface area contributed by atoms with Gasteiger partial charge in [-0.15, -0.1) is 0 Å². The summed E-state index contributed by atoms with van der Waals surface area (Å²) in [4.78, 5) is 24.4. The van der Waals surface area contributed by atoms with Gasteiger partial charge in [-0.1, -0.05) is 0 Å². The third-order valence-corrected chi connectivity index (χ3v) is 2.40. The first-order chi connectivity index (χ1) is 8.49. The summed E-state index contributed by atoms with van der Waals surface area (Å²) < 4.78 is 12.9. The van der Waals surface area contributed by atoms with Crippen molar-refractivity contribution in [3.8, 4) is 16.9 Å². The fourth-order valence-corrected chi connectivity index (χ4v) is 1.60. The largest absolute Gasteiger partial charge is 0.507 e. The van der Waals surface area contributed by atoms with Gasteiger partial charge in [-0.25, -0.2) is 9.18 Å². The molecule has 18 heavy (non-hydrogen) atoms. The molecule has 0 aliphatic carbocycles. The molecule has 1 heterocycles. The summed E-state index contributed by atoms with van der Waals surface area (Å²) in [5.41, 5.74) is -0.594. The van der Waals surface area contributed by atoms with Gasteiger partial charge in [-0.2, -0.15) is 0 Å². The Kier molecular flexibility index (Phi) is 2.85. The Morgan fingerprint density at radius 2 is 1.94 bits per heavy atom. The van der Waals surface area contributed by atoms with Gasteiger partial charge in [0.2, 0.25) is 5.56 Å². The van der Waals surface area contributed by atoms with E-state index in [4.69, 9.17) is 5.11 Å². The number of nitrogens with one attached hydrogen (secondary N) is 1. The predicted molar refractivity (Wildman–Crippen MR) is 61.1 cm³/mol. The molecule has 3 N–H and O–H groups in total. The molecule has 0 unspecified atom stereocenters. The topological polar surface area (TPSA) is 90.4 Å². The summed E-state index contributed by atoms with van der Waals surface area (Å²) in [6.45, 7) is 0. The number of pyridine rings is 1. The van der Waals surface area contributed by atoms with Crippen LogP contribution in [0.25, 0.3) is 11.1 Å². The first-order valence-corrected chi connectivity index (χ1v) is 4.94. The molecule has 1 aromatic carbocycles. The van der Waals surface area contributed by atoms with E-state index < -0.39 is 23.1 Å². The number of aromatic carboxylic acids is 1. The lowest BCUT2D eigenvalue weighted by Gasteiger charge is -2.07. The molecule has 0 atom stereocenters. The number of benzene rings is 1. The summed E-state index contributed by atoms with van der Waals surface area (Å²) in [5.74, 6) is -2.35. The smallest absolute Gasteiger partial charge is 0.336 e. The summed E-state index contributed by atoms with van der Waals surface area (Å²) in [6.07, 6.45) is 1.17. The second-order valence-electron chi connectivity index (χ2n) is 3.59. The maximum Gasteiger partial charge on any atom is 0.336 e. The molecule has 0 spiro atoms. The lowest BCUT2D eigenvalue weighted by Crippen LogP contribution is -2.10. The first-order valence-electron chi connectivity index (χ1n) is 4.94. The number of aromatic nitrogens is 1. The van der Waals surface area contributed by atoms with Crippen molar-refractivity contribution in [1.82, 2.24) is 4.98 Å². The number of phenols is 1. The van der Waals surface area contributed by atoms with Crippen LogP contribution in [-0.2, 0) is 0 Å². The van der Waals surface area contributed by atoms with Crippen molar-refractivity contribution in [3.05, 3.63) is 52.2 Å². The SMILES string of the molecule is O=C(O)c1cc(=O)[nH]cc1-c1ccc(F)cc1O. The zero-order valence-electron chi connectivity index (χ0n) is 8.98. The van der Waals surface area contributed by atoms with E-state index in [1.807, 2.05) is 0 Å². The van der Waals surface area contributed by atoms with Crippen molar-refractivity contribution in [2.45, 2.75) is 0 Å². The fraction of sp³-hybridized carbons (Fsp3) is 0. The Morgan fingerprint density at radius 3 is 2.56 bits per heavy atom. The van der Waals surface area contributed by atoms with Crippen LogP contribution in [0.3, 0.4) is 0 Å². The van der Waals surface area contributed by atoms with Crippen LogP contribution < -0.4 is 5.56 Å². The van der Waals surface area contributed by atoms with E-state index in [0.29, 0.717) is 0 Å². The van der Waals surface area contributed by atoms with Gasteiger partial charge >= 0.3 is 5.97 Å². The molecule has 1 aromatic heterocycles. The summed E-state index contributed by atoms with van der Waals surface area (Å²) in [5, 5.41) is 18.6. The van der Waals surface area contributed by atoms with Crippen molar-refractivity contribution in [2.75, 3.05) is 0 Å². The van der Waals surface area contributed by atoms with E-state index in [-0.39, 0.29) is 16.7 Å². The molecule has 0 radical (unpaired) electrons. The van der Waals surface area contributed by atoms with Crippen LogP contribution in [0.4, 0.5) is 4.39 Å². The highest BCUT2D eigenvalue weighted by Gasteiger charge is 2.15. The Labute approximate surface area is 100 Å². The maximum atomic E-state index is 12.9. The van der Waals surface area contributed by atoms with Crippen LogP contribution in [0.2, 0.25) is 0 Å².